The van der Waals surface area contributed by atoms with Crippen molar-refractivity contribution >= 4 is 0 Å². The molecule has 1 heterocycles. The Morgan fingerprint density at radius 2 is 1.83 bits per heavy atom. The fourth-order valence-corrected chi connectivity index (χ4v) is 2.95. The largest absolute Gasteiger partial charge is 0.315 e. The molecule has 1 aliphatic rings. The summed E-state index contributed by atoms with van der Waals surface area (Å²) in [4.78, 5) is 2.60. The molecular weight excluding hydrogens is 222 g/mol. The molecule has 1 rings (SSSR count). The molecule has 0 unspecified atom stereocenters. The summed E-state index contributed by atoms with van der Waals surface area (Å²) in [5, 5.41) is 7.31. The topological polar surface area (TPSA) is 27.3 Å². The first kappa shape index (κ1) is 15.9. The van der Waals surface area contributed by atoms with Crippen molar-refractivity contribution in [3.63, 3.8) is 0 Å². The minimum absolute atomic E-state index is 0.212. The van der Waals surface area contributed by atoms with E-state index in [-0.39, 0.29) is 11.1 Å². The second kappa shape index (κ2) is 6.88. The smallest absolute Gasteiger partial charge is 0.0257 e. The third-order valence-electron chi connectivity index (χ3n) is 3.66. The minimum Gasteiger partial charge on any atom is -0.315 e. The summed E-state index contributed by atoms with van der Waals surface area (Å²) in [5.41, 5.74) is 0.470. The summed E-state index contributed by atoms with van der Waals surface area (Å²) in [5.74, 6) is 0. The third kappa shape index (κ3) is 6.17. The number of hydrogen-bond donors (Lipinski definition) is 2. The summed E-state index contributed by atoms with van der Waals surface area (Å²) in [6.07, 6.45) is 3.80. The fourth-order valence-electron chi connectivity index (χ4n) is 2.95. The van der Waals surface area contributed by atoms with Crippen LogP contribution in [0.25, 0.3) is 0 Å². The van der Waals surface area contributed by atoms with E-state index >= 15 is 0 Å². The van der Waals surface area contributed by atoms with Gasteiger partial charge < -0.3 is 15.5 Å². The van der Waals surface area contributed by atoms with Gasteiger partial charge in [-0.05, 0) is 53.6 Å². The van der Waals surface area contributed by atoms with Crippen molar-refractivity contribution in [2.45, 2.75) is 65.0 Å². The maximum absolute atomic E-state index is 3.77. The Balaban J connectivity index is 2.33. The number of unbranched alkanes of at least 4 members (excludes halogenated alkanes) is 1. The highest BCUT2D eigenvalue weighted by Gasteiger charge is 2.32. The zero-order valence-corrected chi connectivity index (χ0v) is 13.1. The number of hydrogen-bond acceptors (Lipinski definition) is 3. The van der Waals surface area contributed by atoms with Crippen molar-refractivity contribution in [1.82, 2.24) is 15.5 Å². The van der Waals surface area contributed by atoms with Crippen molar-refractivity contribution in [2.24, 2.45) is 0 Å². The first-order chi connectivity index (χ1) is 8.35. The molecular formula is C15H33N3. The quantitative estimate of drug-likeness (QED) is 0.713. The second-order valence-corrected chi connectivity index (χ2v) is 7.02. The first-order valence-corrected chi connectivity index (χ1v) is 7.57. The maximum Gasteiger partial charge on any atom is 0.0257 e. The Morgan fingerprint density at radius 1 is 1.11 bits per heavy atom. The lowest BCUT2D eigenvalue weighted by atomic mass is 9.96. The van der Waals surface area contributed by atoms with Gasteiger partial charge in [-0.3, -0.25) is 0 Å². The van der Waals surface area contributed by atoms with Crippen LogP contribution >= 0.6 is 0 Å². The molecule has 0 amide bonds. The molecule has 0 bridgehead atoms. The highest BCUT2D eigenvalue weighted by molar-refractivity contribution is 4.94. The lowest BCUT2D eigenvalue weighted by Gasteiger charge is -2.35. The molecule has 3 heteroatoms. The van der Waals surface area contributed by atoms with Crippen LogP contribution in [0.5, 0.6) is 0 Å². The Hall–Kier alpha value is -0.120. The molecule has 2 N–H and O–H groups in total. The summed E-state index contributed by atoms with van der Waals surface area (Å²) >= 11 is 0. The molecule has 0 aromatic heterocycles. The third-order valence-corrected chi connectivity index (χ3v) is 3.66. The van der Waals surface area contributed by atoms with Crippen LogP contribution in [-0.2, 0) is 0 Å². The molecule has 18 heavy (non-hydrogen) atoms. The normalized spacial score (nSPS) is 23.8. The van der Waals surface area contributed by atoms with E-state index < -0.39 is 0 Å². The fraction of sp³-hybridized carbons (Fsp3) is 1.00. The second-order valence-electron chi connectivity index (χ2n) is 7.02. The predicted molar refractivity (Wildman–Crippen MR) is 80.1 cm³/mol. The molecule has 0 aromatic rings. The minimum atomic E-state index is 0.212. The molecule has 0 radical (unpaired) electrons. The van der Waals surface area contributed by atoms with Crippen molar-refractivity contribution in [3.8, 4) is 0 Å². The van der Waals surface area contributed by atoms with Crippen LogP contribution in [0.3, 0.4) is 0 Å². The SMILES string of the molecule is CCCCNCCN1CCC(C)(C)NC(C)(C)C1. The standard InChI is InChI=1S/C15H33N3/c1-6-7-9-16-10-12-18-11-8-14(2,3)17-15(4,5)13-18/h16-17H,6-13H2,1-5H3. The van der Waals surface area contributed by atoms with Crippen molar-refractivity contribution in [3.05, 3.63) is 0 Å². The van der Waals surface area contributed by atoms with E-state index in [4.69, 9.17) is 0 Å². The number of rotatable bonds is 6. The lowest BCUT2D eigenvalue weighted by Crippen LogP contribution is -2.53. The number of nitrogens with zero attached hydrogens (tertiary/aromatic N) is 1. The van der Waals surface area contributed by atoms with Gasteiger partial charge in [0, 0.05) is 30.7 Å². The molecule has 0 spiro atoms. The average Bonchev–Trinajstić information content (AvgIpc) is 2.33. The maximum atomic E-state index is 3.77. The van der Waals surface area contributed by atoms with Gasteiger partial charge in [-0.25, -0.2) is 0 Å². The molecule has 108 valence electrons. The summed E-state index contributed by atoms with van der Waals surface area (Å²) < 4.78 is 0. The Labute approximate surface area is 114 Å². The van der Waals surface area contributed by atoms with Crippen molar-refractivity contribution < 1.29 is 0 Å². The van der Waals surface area contributed by atoms with Gasteiger partial charge >= 0.3 is 0 Å². The van der Waals surface area contributed by atoms with Crippen molar-refractivity contribution in [1.29, 1.82) is 0 Å². The van der Waals surface area contributed by atoms with Crippen LogP contribution in [0.1, 0.15) is 53.9 Å². The first-order valence-electron chi connectivity index (χ1n) is 7.57. The summed E-state index contributed by atoms with van der Waals surface area (Å²) in [7, 11) is 0. The van der Waals surface area contributed by atoms with Gasteiger partial charge in [0.15, 0.2) is 0 Å². The van der Waals surface area contributed by atoms with E-state index in [0.717, 1.165) is 19.6 Å². The van der Waals surface area contributed by atoms with Crippen LogP contribution < -0.4 is 10.6 Å². The Bertz CT molecular complexity index is 236. The van der Waals surface area contributed by atoms with Gasteiger partial charge in [-0.2, -0.15) is 0 Å². The lowest BCUT2D eigenvalue weighted by molar-refractivity contribution is 0.224. The zero-order chi connectivity index (χ0) is 13.6. The predicted octanol–water partition coefficient (Wildman–Crippen LogP) is 2.23. The monoisotopic (exact) mass is 255 g/mol. The molecule has 0 saturated carbocycles. The van der Waals surface area contributed by atoms with Crippen LogP contribution in [-0.4, -0.2) is 48.7 Å². The molecule has 1 saturated heterocycles. The Morgan fingerprint density at radius 3 is 2.50 bits per heavy atom. The molecule has 3 nitrogen and oxygen atoms in total. The van der Waals surface area contributed by atoms with Gasteiger partial charge in [-0.1, -0.05) is 13.3 Å². The molecule has 0 aromatic carbocycles. The van der Waals surface area contributed by atoms with E-state index in [1.165, 1.54) is 32.4 Å². The highest BCUT2D eigenvalue weighted by Crippen LogP contribution is 2.20. The van der Waals surface area contributed by atoms with Gasteiger partial charge in [0.1, 0.15) is 0 Å². The van der Waals surface area contributed by atoms with Crippen LogP contribution in [0.2, 0.25) is 0 Å². The summed E-state index contributed by atoms with van der Waals surface area (Å²) in [6.45, 7) is 17.3. The van der Waals surface area contributed by atoms with Crippen LogP contribution in [0.4, 0.5) is 0 Å². The Kier molecular flexibility index (Phi) is 6.09. The molecule has 1 fully saturated rings. The van der Waals surface area contributed by atoms with Crippen LogP contribution in [0, 0.1) is 0 Å². The van der Waals surface area contributed by atoms with Gasteiger partial charge in [0.25, 0.3) is 0 Å². The molecule has 1 aliphatic heterocycles. The van der Waals surface area contributed by atoms with E-state index in [0.29, 0.717) is 0 Å². The van der Waals surface area contributed by atoms with Gasteiger partial charge in [-0.15, -0.1) is 0 Å². The summed E-state index contributed by atoms with van der Waals surface area (Å²) in [6, 6.07) is 0. The van der Waals surface area contributed by atoms with Gasteiger partial charge in [0.05, 0.1) is 0 Å². The highest BCUT2D eigenvalue weighted by atomic mass is 15.2. The average molecular weight is 255 g/mol. The van der Waals surface area contributed by atoms with Crippen molar-refractivity contribution in [2.75, 3.05) is 32.7 Å². The molecule has 0 aliphatic carbocycles. The zero-order valence-electron chi connectivity index (χ0n) is 13.1. The van der Waals surface area contributed by atoms with Gasteiger partial charge in [0.2, 0.25) is 0 Å². The van der Waals surface area contributed by atoms with E-state index in [1.54, 1.807) is 0 Å². The van der Waals surface area contributed by atoms with E-state index in [1.807, 2.05) is 0 Å². The van der Waals surface area contributed by atoms with E-state index in [2.05, 4.69) is 50.2 Å². The van der Waals surface area contributed by atoms with E-state index in [9.17, 15) is 0 Å². The van der Waals surface area contributed by atoms with Crippen LogP contribution in [0.15, 0.2) is 0 Å². The molecule has 0 atom stereocenters. The number of nitrogens with one attached hydrogen (secondary N) is 2.